The van der Waals surface area contributed by atoms with Gasteiger partial charge in [0, 0.05) is 17.7 Å². The minimum atomic E-state index is -1.20. The van der Waals surface area contributed by atoms with E-state index in [1.54, 1.807) is 24.3 Å². The molecule has 27 heavy (non-hydrogen) atoms. The summed E-state index contributed by atoms with van der Waals surface area (Å²) in [4.78, 5) is 22.1. The number of anilines is 1. The summed E-state index contributed by atoms with van der Waals surface area (Å²) in [6, 6.07) is 9.75. The van der Waals surface area contributed by atoms with Crippen LogP contribution in [0.5, 0.6) is 5.75 Å². The Hall–Kier alpha value is -3.35. The van der Waals surface area contributed by atoms with Crippen molar-refractivity contribution in [2.45, 2.75) is 18.4 Å². The van der Waals surface area contributed by atoms with Crippen molar-refractivity contribution >= 4 is 17.3 Å². The van der Waals surface area contributed by atoms with Crippen LogP contribution in [0.2, 0.25) is 0 Å². The summed E-state index contributed by atoms with van der Waals surface area (Å²) in [7, 11) is 1.41. The molecule has 1 aliphatic carbocycles. The first-order valence-electron chi connectivity index (χ1n) is 8.60. The molecular formula is C20H17N2O5-. The average molecular weight is 365 g/mol. The zero-order chi connectivity index (χ0) is 19.1. The summed E-state index contributed by atoms with van der Waals surface area (Å²) in [5.41, 5.74) is 2.62. The summed E-state index contributed by atoms with van der Waals surface area (Å²) in [6.07, 6.45) is 4.95. The Morgan fingerprint density at radius 3 is 2.78 bits per heavy atom. The summed E-state index contributed by atoms with van der Waals surface area (Å²) in [6.45, 7) is 0. The Bertz CT molecular complexity index is 969. The third-order valence-electron chi connectivity index (χ3n) is 5.36. The molecule has 0 radical (unpaired) electrons. The molecule has 2 aliphatic rings. The van der Waals surface area contributed by atoms with E-state index in [2.05, 4.69) is 17.5 Å². The number of ether oxygens (including phenoxy) is 1. The first-order valence-corrected chi connectivity index (χ1v) is 8.60. The fourth-order valence-electron chi connectivity index (χ4n) is 4.09. The SMILES string of the molecule is COc1ccc([C@@H]2Nc3ccc(C(=O)[O-])cc3[C@H]3C=CC[C@H]32)cc1[N+](=O)[O-]. The molecule has 1 heterocycles. The number of nitrogens with one attached hydrogen (secondary N) is 1. The zero-order valence-electron chi connectivity index (χ0n) is 14.5. The van der Waals surface area contributed by atoms with Crippen molar-refractivity contribution in [3.8, 4) is 5.75 Å². The number of methoxy groups -OCH3 is 1. The van der Waals surface area contributed by atoms with E-state index in [-0.39, 0.29) is 34.9 Å². The molecule has 7 nitrogen and oxygen atoms in total. The second-order valence-electron chi connectivity index (χ2n) is 6.75. The van der Waals surface area contributed by atoms with Gasteiger partial charge >= 0.3 is 5.69 Å². The van der Waals surface area contributed by atoms with Crippen molar-refractivity contribution in [1.82, 2.24) is 0 Å². The Morgan fingerprint density at radius 1 is 1.26 bits per heavy atom. The average Bonchev–Trinajstić information content (AvgIpc) is 3.16. The van der Waals surface area contributed by atoms with Gasteiger partial charge in [-0.1, -0.05) is 24.3 Å². The van der Waals surface area contributed by atoms with E-state index in [4.69, 9.17) is 4.74 Å². The van der Waals surface area contributed by atoms with E-state index in [1.807, 2.05) is 6.07 Å². The van der Waals surface area contributed by atoms with Crippen LogP contribution in [0.15, 0.2) is 48.6 Å². The second kappa shape index (κ2) is 6.42. The maximum absolute atomic E-state index is 11.4. The Balaban J connectivity index is 1.77. The van der Waals surface area contributed by atoms with Crippen molar-refractivity contribution < 1.29 is 19.6 Å². The molecule has 2 aromatic rings. The maximum Gasteiger partial charge on any atom is 0.311 e. The van der Waals surface area contributed by atoms with Gasteiger partial charge in [-0.05, 0) is 47.2 Å². The molecule has 0 fully saturated rings. The third-order valence-corrected chi connectivity index (χ3v) is 5.36. The number of benzene rings is 2. The molecule has 0 saturated heterocycles. The Morgan fingerprint density at radius 2 is 2.07 bits per heavy atom. The van der Waals surface area contributed by atoms with Gasteiger partial charge in [-0.2, -0.15) is 0 Å². The van der Waals surface area contributed by atoms with Crippen LogP contribution < -0.4 is 15.2 Å². The lowest BCUT2D eigenvalue weighted by atomic mass is 9.76. The molecule has 138 valence electrons. The lowest BCUT2D eigenvalue weighted by molar-refractivity contribution is -0.385. The van der Waals surface area contributed by atoms with E-state index in [1.165, 1.54) is 13.2 Å². The number of hydrogen-bond acceptors (Lipinski definition) is 6. The highest BCUT2D eigenvalue weighted by Crippen LogP contribution is 2.50. The van der Waals surface area contributed by atoms with E-state index in [9.17, 15) is 20.0 Å². The van der Waals surface area contributed by atoms with E-state index in [0.717, 1.165) is 23.2 Å². The number of carboxylic acids is 1. The highest BCUT2D eigenvalue weighted by atomic mass is 16.6. The number of carbonyl (C=O) groups is 1. The van der Waals surface area contributed by atoms with Crippen molar-refractivity contribution in [1.29, 1.82) is 0 Å². The first kappa shape index (κ1) is 17.1. The minimum Gasteiger partial charge on any atom is -0.545 e. The molecule has 0 saturated carbocycles. The molecule has 0 amide bonds. The Kier molecular flexibility index (Phi) is 4.07. The van der Waals surface area contributed by atoms with Crippen LogP contribution >= 0.6 is 0 Å². The van der Waals surface area contributed by atoms with E-state index in [0.29, 0.717) is 0 Å². The molecular weight excluding hydrogens is 348 g/mol. The van der Waals surface area contributed by atoms with Gasteiger partial charge < -0.3 is 20.0 Å². The lowest BCUT2D eigenvalue weighted by Gasteiger charge is -2.37. The fourth-order valence-corrected chi connectivity index (χ4v) is 4.09. The van der Waals surface area contributed by atoms with Crippen LogP contribution in [-0.4, -0.2) is 18.0 Å². The van der Waals surface area contributed by atoms with E-state index < -0.39 is 10.9 Å². The fraction of sp³-hybridized carbons (Fsp3) is 0.250. The molecule has 0 unspecified atom stereocenters. The predicted octanol–water partition coefficient (Wildman–Crippen LogP) is 2.79. The van der Waals surface area contributed by atoms with E-state index >= 15 is 0 Å². The number of rotatable bonds is 4. The summed E-state index contributed by atoms with van der Waals surface area (Å²) < 4.78 is 5.09. The number of allylic oxidation sites excluding steroid dienone is 2. The van der Waals surface area contributed by atoms with Gasteiger partial charge in [0.25, 0.3) is 0 Å². The highest BCUT2D eigenvalue weighted by Gasteiger charge is 2.38. The first-order chi connectivity index (χ1) is 13.0. The molecule has 2 aromatic carbocycles. The quantitative estimate of drug-likeness (QED) is 0.507. The topological polar surface area (TPSA) is 105 Å². The largest absolute Gasteiger partial charge is 0.545 e. The standard InChI is InChI=1S/C20H18N2O5/c1-27-18-8-6-11(10-17(18)22(25)26)19-14-4-2-3-13(14)15-9-12(20(23)24)5-7-16(15)21-19/h2-3,5-10,13-14,19,21H,4H2,1H3,(H,23,24)/p-1/t13-,14+,19-/m0/s1. The number of carbonyl (C=O) groups excluding carboxylic acids is 1. The normalized spacial score (nSPS) is 22.5. The van der Waals surface area contributed by atoms with Crippen LogP contribution in [0.25, 0.3) is 0 Å². The smallest absolute Gasteiger partial charge is 0.311 e. The minimum absolute atomic E-state index is 0.0479. The van der Waals surface area contributed by atoms with Gasteiger partial charge in [0.15, 0.2) is 5.75 Å². The van der Waals surface area contributed by atoms with Gasteiger partial charge in [-0.3, -0.25) is 10.1 Å². The zero-order valence-corrected chi connectivity index (χ0v) is 14.5. The van der Waals surface area contributed by atoms with Gasteiger partial charge in [-0.25, -0.2) is 0 Å². The van der Waals surface area contributed by atoms with Gasteiger partial charge in [0.05, 0.1) is 24.0 Å². The number of nitro groups is 1. The number of aromatic carboxylic acids is 1. The lowest BCUT2D eigenvalue weighted by Crippen LogP contribution is -2.30. The molecule has 0 aromatic heterocycles. The highest BCUT2D eigenvalue weighted by molar-refractivity contribution is 5.87. The molecule has 7 heteroatoms. The van der Waals surface area contributed by atoms with Gasteiger partial charge in [0.2, 0.25) is 0 Å². The van der Waals surface area contributed by atoms with Crippen LogP contribution in [0.3, 0.4) is 0 Å². The molecule has 1 N–H and O–H groups in total. The Labute approximate surface area is 155 Å². The van der Waals surface area contributed by atoms with Crippen molar-refractivity contribution in [2.75, 3.05) is 12.4 Å². The summed E-state index contributed by atoms with van der Waals surface area (Å²) in [5, 5.41) is 26.0. The maximum atomic E-state index is 11.4. The van der Waals surface area contributed by atoms with Crippen LogP contribution in [0, 0.1) is 16.0 Å². The van der Waals surface area contributed by atoms with Crippen molar-refractivity contribution in [2.24, 2.45) is 5.92 Å². The number of fused-ring (bicyclic) bond motifs is 3. The number of carboxylic acid groups (broad SMARTS) is 1. The number of nitro benzene ring substituents is 1. The molecule has 0 spiro atoms. The predicted molar refractivity (Wildman–Crippen MR) is 96.8 cm³/mol. The molecule has 0 bridgehead atoms. The van der Waals surface area contributed by atoms with Crippen molar-refractivity contribution in [3.05, 3.63) is 75.4 Å². The monoisotopic (exact) mass is 365 g/mol. The summed E-state index contributed by atoms with van der Waals surface area (Å²) in [5.74, 6) is -0.793. The van der Waals surface area contributed by atoms with Gasteiger partial charge in [0.1, 0.15) is 0 Å². The van der Waals surface area contributed by atoms with Gasteiger partial charge in [-0.15, -0.1) is 0 Å². The van der Waals surface area contributed by atoms with Crippen LogP contribution in [0.1, 0.15) is 39.9 Å². The number of hydrogen-bond donors (Lipinski definition) is 1. The van der Waals surface area contributed by atoms with Crippen molar-refractivity contribution in [3.63, 3.8) is 0 Å². The molecule has 3 atom stereocenters. The van der Waals surface area contributed by atoms with Crippen LogP contribution in [0.4, 0.5) is 11.4 Å². The number of nitrogens with zero attached hydrogens (tertiary/aromatic N) is 1. The van der Waals surface area contributed by atoms with Crippen LogP contribution in [-0.2, 0) is 0 Å². The second-order valence-corrected chi connectivity index (χ2v) is 6.75. The summed E-state index contributed by atoms with van der Waals surface area (Å²) >= 11 is 0. The third kappa shape index (κ3) is 2.81. The molecule has 1 aliphatic heterocycles. The molecule has 4 rings (SSSR count).